The lowest BCUT2D eigenvalue weighted by Crippen LogP contribution is -2.59. The molecule has 2 bridgehead atoms. The van der Waals surface area contributed by atoms with Crippen LogP contribution in [0.3, 0.4) is 0 Å². The highest BCUT2D eigenvalue weighted by Crippen LogP contribution is 2.70. The Kier molecular flexibility index (Phi) is 5.61. The molecule has 7 heteroatoms. The van der Waals surface area contributed by atoms with Gasteiger partial charge in [-0.15, -0.1) is 0 Å². The number of nitrogens with zero attached hydrogens (tertiary/aromatic N) is 2. The van der Waals surface area contributed by atoms with Crippen LogP contribution in [0.5, 0.6) is 0 Å². The number of anilines is 2. The number of rotatable bonds is 5. The van der Waals surface area contributed by atoms with Crippen LogP contribution in [0, 0.1) is 22.2 Å². The number of hydrazine groups is 1. The van der Waals surface area contributed by atoms with Gasteiger partial charge in [0, 0.05) is 5.41 Å². The minimum atomic E-state index is -3.71. The molecule has 2 saturated carbocycles. The van der Waals surface area contributed by atoms with Gasteiger partial charge in [0.2, 0.25) is 10.0 Å². The summed E-state index contributed by atoms with van der Waals surface area (Å²) in [6.07, 6.45) is 2.71. The molecule has 1 spiro atoms. The van der Waals surface area contributed by atoms with Crippen LogP contribution in [0.25, 0.3) is 0 Å². The second kappa shape index (κ2) is 8.07. The quantitative estimate of drug-likeness (QED) is 0.584. The van der Waals surface area contributed by atoms with Crippen LogP contribution in [-0.4, -0.2) is 36.5 Å². The second-order valence-electron chi connectivity index (χ2n) is 12.2. The predicted molar refractivity (Wildman–Crippen MR) is 139 cm³/mol. The van der Waals surface area contributed by atoms with E-state index in [0.717, 1.165) is 30.6 Å². The SMILES string of the molecule is CC(C)(C)[C@@H](NN(c1ccccc1)c1ccccc1)C(=O)N1C2CC3CC[C@@]2(CS1(=O)=O)C3(C)C. The first-order chi connectivity index (χ1) is 16.4. The van der Waals surface area contributed by atoms with Crippen LogP contribution < -0.4 is 10.4 Å². The van der Waals surface area contributed by atoms with Gasteiger partial charge in [0.25, 0.3) is 5.91 Å². The van der Waals surface area contributed by atoms with E-state index in [1.165, 1.54) is 4.31 Å². The Labute approximate surface area is 209 Å². The van der Waals surface area contributed by atoms with Gasteiger partial charge in [-0.25, -0.2) is 18.1 Å². The van der Waals surface area contributed by atoms with Gasteiger partial charge in [-0.1, -0.05) is 71.0 Å². The van der Waals surface area contributed by atoms with E-state index in [4.69, 9.17) is 0 Å². The van der Waals surface area contributed by atoms with E-state index < -0.39 is 21.5 Å². The molecule has 2 unspecified atom stereocenters. The number of fused-ring (bicyclic) bond motifs is 1. The van der Waals surface area contributed by atoms with Gasteiger partial charge in [-0.2, -0.15) is 0 Å². The number of amides is 1. The summed E-state index contributed by atoms with van der Waals surface area (Å²) in [5, 5.41) is 1.90. The molecular weight excluding hydrogens is 458 g/mol. The fraction of sp³-hybridized carbons (Fsp3) is 0.536. The molecule has 0 radical (unpaired) electrons. The molecule has 35 heavy (non-hydrogen) atoms. The van der Waals surface area contributed by atoms with Gasteiger partial charge in [0.15, 0.2) is 0 Å². The van der Waals surface area contributed by atoms with Crippen LogP contribution in [0.2, 0.25) is 0 Å². The second-order valence-corrected chi connectivity index (χ2v) is 14.0. The highest BCUT2D eigenvalue weighted by atomic mass is 32.2. The summed E-state index contributed by atoms with van der Waals surface area (Å²) in [6.45, 7) is 10.4. The minimum Gasteiger partial charge on any atom is -0.276 e. The van der Waals surface area contributed by atoms with E-state index in [1.54, 1.807) is 0 Å². The lowest BCUT2D eigenvalue weighted by molar-refractivity contribution is -0.133. The lowest BCUT2D eigenvalue weighted by Gasteiger charge is -2.40. The summed E-state index contributed by atoms with van der Waals surface area (Å²) in [6, 6.07) is 18.6. The number of sulfonamides is 1. The largest absolute Gasteiger partial charge is 0.276 e. The summed E-state index contributed by atoms with van der Waals surface area (Å²) in [7, 11) is -3.71. The fourth-order valence-corrected chi connectivity index (χ4v) is 9.46. The van der Waals surface area contributed by atoms with Crippen molar-refractivity contribution in [1.82, 2.24) is 9.73 Å². The standard InChI is InChI=1S/C28H37N3O3S/c1-26(2,3)24(29-30(21-12-8-6-9-13-21)22-14-10-7-11-15-22)25(32)31-23-18-20-16-17-28(23,27(20,4)5)19-35(31,33)34/h6-15,20,23-24,29H,16-19H2,1-5H3/t20?,23?,24-,28-/m0/s1. The number of carbonyl (C=O) groups is 1. The zero-order chi connectivity index (χ0) is 25.2. The zero-order valence-corrected chi connectivity index (χ0v) is 22.2. The van der Waals surface area contributed by atoms with Gasteiger partial charge in [-0.05, 0) is 60.3 Å². The molecule has 1 heterocycles. The van der Waals surface area contributed by atoms with Crippen molar-refractivity contribution < 1.29 is 13.2 Å². The van der Waals surface area contributed by atoms with Gasteiger partial charge < -0.3 is 0 Å². The maximum atomic E-state index is 14.3. The first kappa shape index (κ1) is 24.3. The summed E-state index contributed by atoms with van der Waals surface area (Å²) in [5.74, 6) is 0.196. The van der Waals surface area contributed by atoms with Gasteiger partial charge >= 0.3 is 0 Å². The van der Waals surface area contributed by atoms with Crippen molar-refractivity contribution in [3.63, 3.8) is 0 Å². The molecule has 1 amide bonds. The highest BCUT2D eigenvalue weighted by molar-refractivity contribution is 7.90. The van der Waals surface area contributed by atoms with Crippen molar-refractivity contribution in [2.45, 2.75) is 66.0 Å². The van der Waals surface area contributed by atoms with E-state index >= 15 is 0 Å². The molecule has 2 aromatic carbocycles. The predicted octanol–water partition coefficient (Wildman–Crippen LogP) is 5.11. The number of para-hydroxylation sites is 2. The van der Waals surface area contributed by atoms with Crippen LogP contribution in [0.1, 0.15) is 53.9 Å². The van der Waals surface area contributed by atoms with Crippen molar-refractivity contribution >= 4 is 27.3 Å². The molecule has 4 atom stereocenters. The first-order valence-electron chi connectivity index (χ1n) is 12.6. The molecule has 2 aliphatic carbocycles. The normalized spacial score (nSPS) is 29.1. The summed E-state index contributed by atoms with van der Waals surface area (Å²) < 4.78 is 28.5. The number of carbonyl (C=O) groups excluding carboxylic acids is 1. The molecule has 3 fully saturated rings. The summed E-state index contributed by atoms with van der Waals surface area (Å²) >= 11 is 0. The molecule has 5 rings (SSSR count). The van der Waals surface area contributed by atoms with E-state index in [2.05, 4.69) is 19.3 Å². The topological polar surface area (TPSA) is 69.7 Å². The van der Waals surface area contributed by atoms with Crippen LogP contribution in [-0.2, 0) is 14.8 Å². The summed E-state index contributed by atoms with van der Waals surface area (Å²) in [4.78, 5) is 14.3. The third-order valence-corrected chi connectivity index (χ3v) is 10.9. The highest BCUT2D eigenvalue weighted by Gasteiger charge is 2.72. The van der Waals surface area contributed by atoms with Crippen molar-refractivity contribution in [2.75, 3.05) is 10.8 Å². The molecule has 1 N–H and O–H groups in total. The minimum absolute atomic E-state index is 0.0788. The molecule has 2 aromatic rings. The average molecular weight is 496 g/mol. The van der Waals surface area contributed by atoms with Crippen molar-refractivity contribution in [3.8, 4) is 0 Å². The number of nitrogens with one attached hydrogen (secondary N) is 1. The van der Waals surface area contributed by atoms with Crippen molar-refractivity contribution in [2.24, 2.45) is 22.2 Å². The zero-order valence-electron chi connectivity index (χ0n) is 21.4. The van der Waals surface area contributed by atoms with Crippen LogP contribution >= 0.6 is 0 Å². The van der Waals surface area contributed by atoms with E-state index in [0.29, 0.717) is 5.92 Å². The Morgan fingerprint density at radius 2 is 1.57 bits per heavy atom. The molecular formula is C28H37N3O3S. The Morgan fingerprint density at radius 3 is 2.06 bits per heavy atom. The maximum Gasteiger partial charge on any atom is 0.255 e. The monoisotopic (exact) mass is 495 g/mol. The third-order valence-electron chi connectivity index (χ3n) is 9.03. The number of hydrogen-bond donors (Lipinski definition) is 1. The van der Waals surface area contributed by atoms with Crippen LogP contribution in [0.15, 0.2) is 60.7 Å². The smallest absolute Gasteiger partial charge is 0.255 e. The number of benzene rings is 2. The molecule has 3 aliphatic rings. The summed E-state index contributed by atoms with van der Waals surface area (Å²) in [5.41, 5.74) is 4.27. The van der Waals surface area contributed by atoms with E-state index in [-0.39, 0.29) is 28.5 Å². The lowest BCUT2D eigenvalue weighted by atomic mass is 9.69. The van der Waals surface area contributed by atoms with Gasteiger partial charge in [0.05, 0.1) is 23.2 Å². The van der Waals surface area contributed by atoms with Crippen molar-refractivity contribution in [1.29, 1.82) is 0 Å². The Balaban J connectivity index is 1.54. The average Bonchev–Trinajstić information content (AvgIpc) is 3.27. The first-order valence-corrected chi connectivity index (χ1v) is 14.2. The van der Waals surface area contributed by atoms with E-state index in [1.807, 2.05) is 86.4 Å². The van der Waals surface area contributed by atoms with Gasteiger partial charge in [-0.3, -0.25) is 9.80 Å². The van der Waals surface area contributed by atoms with Crippen LogP contribution in [0.4, 0.5) is 11.4 Å². The Hall–Kier alpha value is -2.38. The van der Waals surface area contributed by atoms with E-state index in [9.17, 15) is 13.2 Å². The van der Waals surface area contributed by atoms with Crippen molar-refractivity contribution in [3.05, 3.63) is 60.7 Å². The molecule has 0 aromatic heterocycles. The Bertz CT molecular complexity index is 1170. The fourth-order valence-electron chi connectivity index (χ4n) is 6.91. The number of hydrogen-bond acceptors (Lipinski definition) is 5. The van der Waals surface area contributed by atoms with Gasteiger partial charge in [0.1, 0.15) is 6.04 Å². The molecule has 1 aliphatic heterocycles. The Morgan fingerprint density at radius 1 is 1.03 bits per heavy atom. The molecule has 6 nitrogen and oxygen atoms in total. The molecule has 1 saturated heterocycles. The third kappa shape index (κ3) is 3.70. The molecule has 188 valence electrons. The maximum absolute atomic E-state index is 14.3.